The summed E-state index contributed by atoms with van der Waals surface area (Å²) in [7, 11) is -0.548. The molecule has 0 unspecified atom stereocenters. The molecule has 0 atom stereocenters. The van der Waals surface area contributed by atoms with Crippen molar-refractivity contribution in [1.82, 2.24) is 9.71 Å². The molecule has 1 saturated heterocycles. The number of nitrogens with one attached hydrogen (secondary N) is 2. The van der Waals surface area contributed by atoms with Crippen LogP contribution in [-0.4, -0.2) is 47.3 Å². The highest BCUT2D eigenvalue weighted by Gasteiger charge is 2.28. The standard InChI is InChI=1S/C16H22N4O5S/c1-24-14-5-11-12(6-15(14)25-2)19-16(21)7-13(11)20-8-10(9-20)3-4-18-26(17,22)23/h5-7,10,18H,3-4,8-9H2,1-2H3,(H,19,21)(H2,17,22,23). The van der Waals surface area contributed by atoms with Gasteiger partial charge in [-0.25, -0.2) is 9.86 Å². The molecule has 0 amide bonds. The molecule has 142 valence electrons. The fourth-order valence-corrected chi connectivity index (χ4v) is 3.58. The van der Waals surface area contributed by atoms with E-state index in [0.717, 1.165) is 24.2 Å². The first-order valence-corrected chi connectivity index (χ1v) is 9.66. The number of nitrogens with zero attached hydrogens (tertiary/aromatic N) is 1. The minimum absolute atomic E-state index is 0.195. The maximum absolute atomic E-state index is 12.0. The Hall–Kier alpha value is -2.30. The Balaban J connectivity index is 1.79. The number of benzene rings is 1. The summed E-state index contributed by atoms with van der Waals surface area (Å²) in [5.41, 5.74) is 1.30. The Bertz CT molecular complexity index is 966. The van der Waals surface area contributed by atoms with E-state index in [-0.39, 0.29) is 5.56 Å². The molecular weight excluding hydrogens is 360 g/mol. The Kier molecular flexibility index (Phi) is 5.08. The van der Waals surface area contributed by atoms with Crippen molar-refractivity contribution < 1.29 is 17.9 Å². The zero-order valence-electron chi connectivity index (χ0n) is 14.6. The molecule has 1 aliphatic heterocycles. The summed E-state index contributed by atoms with van der Waals surface area (Å²) in [6.07, 6.45) is 0.686. The van der Waals surface area contributed by atoms with Crippen molar-refractivity contribution in [3.8, 4) is 11.5 Å². The number of aromatic nitrogens is 1. The van der Waals surface area contributed by atoms with Gasteiger partial charge in [-0.2, -0.15) is 8.42 Å². The van der Waals surface area contributed by atoms with Crippen LogP contribution >= 0.6 is 0 Å². The van der Waals surface area contributed by atoms with Gasteiger partial charge in [0, 0.05) is 37.2 Å². The summed E-state index contributed by atoms with van der Waals surface area (Å²) in [4.78, 5) is 16.9. The predicted molar refractivity (Wildman–Crippen MR) is 99.1 cm³/mol. The Labute approximate surface area is 151 Å². The fraction of sp³-hybridized carbons (Fsp3) is 0.438. The van der Waals surface area contributed by atoms with Crippen molar-refractivity contribution in [1.29, 1.82) is 0 Å². The van der Waals surface area contributed by atoms with Gasteiger partial charge in [-0.1, -0.05) is 0 Å². The average Bonchev–Trinajstić information content (AvgIpc) is 2.54. The summed E-state index contributed by atoms with van der Waals surface area (Å²) in [6, 6.07) is 5.15. The largest absolute Gasteiger partial charge is 0.493 e. The minimum atomic E-state index is -3.65. The quantitative estimate of drug-likeness (QED) is 0.626. The van der Waals surface area contributed by atoms with Gasteiger partial charge in [0.2, 0.25) is 5.56 Å². The number of H-pyrrole nitrogens is 1. The molecule has 9 nitrogen and oxygen atoms in total. The lowest BCUT2D eigenvalue weighted by molar-refractivity contribution is 0.355. The maximum atomic E-state index is 12.0. The van der Waals surface area contributed by atoms with Crippen LogP contribution in [0.3, 0.4) is 0 Å². The van der Waals surface area contributed by atoms with Crippen LogP contribution in [0.4, 0.5) is 5.69 Å². The van der Waals surface area contributed by atoms with E-state index in [4.69, 9.17) is 14.6 Å². The number of hydrogen-bond acceptors (Lipinski definition) is 6. The number of ether oxygens (including phenoxy) is 2. The molecule has 0 saturated carbocycles. The smallest absolute Gasteiger partial charge is 0.274 e. The predicted octanol–water partition coefficient (Wildman–Crippen LogP) is 0.165. The number of nitrogens with two attached hydrogens (primary N) is 1. The SMILES string of the molecule is COc1cc2[nH]c(=O)cc(N3CC(CCNS(N)(=O)=O)C3)c2cc1OC. The summed E-state index contributed by atoms with van der Waals surface area (Å²) in [5, 5.41) is 5.78. The second kappa shape index (κ2) is 7.14. The molecule has 3 rings (SSSR count). The Morgan fingerprint density at radius 3 is 2.50 bits per heavy atom. The van der Waals surface area contributed by atoms with Gasteiger partial charge in [-0.15, -0.1) is 0 Å². The molecule has 0 bridgehead atoms. The summed E-state index contributed by atoms with van der Waals surface area (Å²) >= 11 is 0. The van der Waals surface area contributed by atoms with Gasteiger partial charge in [0.05, 0.1) is 25.4 Å². The molecular formula is C16H22N4O5S. The van der Waals surface area contributed by atoms with Crippen molar-refractivity contribution in [2.45, 2.75) is 6.42 Å². The lowest BCUT2D eigenvalue weighted by atomic mass is 9.95. The third-order valence-electron chi connectivity index (χ3n) is 4.48. The molecule has 10 heteroatoms. The minimum Gasteiger partial charge on any atom is -0.493 e. The first kappa shape index (κ1) is 18.5. The number of aromatic amines is 1. The maximum Gasteiger partial charge on any atom is 0.274 e. The van der Waals surface area contributed by atoms with Crippen LogP contribution in [0.2, 0.25) is 0 Å². The number of rotatable bonds is 7. The molecule has 1 aromatic heterocycles. The highest BCUT2D eigenvalue weighted by atomic mass is 32.2. The van der Waals surface area contributed by atoms with E-state index in [9.17, 15) is 13.2 Å². The molecule has 26 heavy (non-hydrogen) atoms. The van der Waals surface area contributed by atoms with Crippen LogP contribution < -0.4 is 29.8 Å². The normalized spacial score (nSPS) is 15.1. The Morgan fingerprint density at radius 2 is 1.88 bits per heavy atom. The summed E-state index contributed by atoms with van der Waals surface area (Å²) in [6.45, 7) is 1.77. The molecule has 1 aliphatic rings. The summed E-state index contributed by atoms with van der Waals surface area (Å²) < 4.78 is 34.7. The fourth-order valence-electron chi connectivity index (χ4n) is 3.18. The van der Waals surface area contributed by atoms with Crippen molar-refractivity contribution >= 4 is 26.8 Å². The number of fused-ring (bicyclic) bond motifs is 1. The van der Waals surface area contributed by atoms with Gasteiger partial charge in [0.15, 0.2) is 11.5 Å². The van der Waals surface area contributed by atoms with Gasteiger partial charge >= 0.3 is 0 Å². The lowest BCUT2D eigenvalue weighted by Gasteiger charge is -2.41. The molecule has 0 aliphatic carbocycles. The molecule has 2 heterocycles. The monoisotopic (exact) mass is 382 g/mol. The van der Waals surface area contributed by atoms with Crippen LogP contribution in [0.5, 0.6) is 11.5 Å². The van der Waals surface area contributed by atoms with E-state index >= 15 is 0 Å². The van der Waals surface area contributed by atoms with Crippen molar-refractivity contribution in [2.24, 2.45) is 11.1 Å². The molecule has 0 spiro atoms. The second-order valence-corrected chi connectivity index (χ2v) is 7.65. The first-order chi connectivity index (χ1) is 12.3. The van der Waals surface area contributed by atoms with Crippen LogP contribution in [0.25, 0.3) is 10.9 Å². The zero-order chi connectivity index (χ0) is 18.9. The Morgan fingerprint density at radius 1 is 1.23 bits per heavy atom. The van der Waals surface area contributed by atoms with E-state index < -0.39 is 10.2 Å². The van der Waals surface area contributed by atoms with Crippen LogP contribution in [-0.2, 0) is 10.2 Å². The van der Waals surface area contributed by atoms with E-state index in [1.54, 1.807) is 26.4 Å². The topological polar surface area (TPSA) is 127 Å². The van der Waals surface area contributed by atoms with E-state index in [2.05, 4.69) is 14.6 Å². The third kappa shape index (κ3) is 3.92. The van der Waals surface area contributed by atoms with Crippen molar-refractivity contribution in [2.75, 3.05) is 38.8 Å². The van der Waals surface area contributed by atoms with E-state index in [1.807, 2.05) is 6.07 Å². The molecule has 4 N–H and O–H groups in total. The zero-order valence-corrected chi connectivity index (χ0v) is 15.4. The number of hydrogen-bond donors (Lipinski definition) is 3. The van der Waals surface area contributed by atoms with Gasteiger partial charge in [-0.3, -0.25) is 4.79 Å². The van der Waals surface area contributed by atoms with Crippen LogP contribution in [0.1, 0.15) is 6.42 Å². The molecule has 0 radical (unpaired) electrons. The first-order valence-electron chi connectivity index (χ1n) is 8.12. The van der Waals surface area contributed by atoms with Gasteiger partial charge in [0.25, 0.3) is 10.2 Å². The molecule has 2 aromatic rings. The number of anilines is 1. The average molecular weight is 382 g/mol. The summed E-state index contributed by atoms with van der Waals surface area (Å²) in [5.74, 6) is 1.46. The van der Waals surface area contributed by atoms with Crippen molar-refractivity contribution in [3.63, 3.8) is 0 Å². The van der Waals surface area contributed by atoms with E-state index in [1.165, 1.54) is 0 Å². The molecule has 1 aromatic carbocycles. The lowest BCUT2D eigenvalue weighted by Crippen LogP contribution is -2.48. The number of pyridine rings is 1. The van der Waals surface area contributed by atoms with Crippen LogP contribution in [0, 0.1) is 5.92 Å². The number of methoxy groups -OCH3 is 2. The second-order valence-electron chi connectivity index (χ2n) is 6.27. The van der Waals surface area contributed by atoms with Gasteiger partial charge in [-0.05, 0) is 18.4 Å². The van der Waals surface area contributed by atoms with Gasteiger partial charge in [0.1, 0.15) is 0 Å². The van der Waals surface area contributed by atoms with Gasteiger partial charge < -0.3 is 19.4 Å². The van der Waals surface area contributed by atoms with Crippen molar-refractivity contribution in [3.05, 3.63) is 28.6 Å². The highest BCUT2D eigenvalue weighted by Crippen LogP contribution is 2.37. The molecule has 1 fully saturated rings. The van der Waals surface area contributed by atoms with E-state index in [0.29, 0.717) is 35.9 Å². The van der Waals surface area contributed by atoms with Crippen LogP contribution in [0.15, 0.2) is 23.0 Å². The highest BCUT2D eigenvalue weighted by molar-refractivity contribution is 7.87. The third-order valence-corrected chi connectivity index (χ3v) is 5.09.